The van der Waals surface area contributed by atoms with Crippen molar-refractivity contribution in [3.8, 4) is 0 Å². The van der Waals surface area contributed by atoms with E-state index in [4.69, 9.17) is 10.2 Å². The van der Waals surface area contributed by atoms with Crippen LogP contribution >= 0.6 is 0 Å². The largest absolute Gasteiger partial charge is 0.477 e. The van der Waals surface area contributed by atoms with Crippen LogP contribution in [0.3, 0.4) is 0 Å². The highest BCUT2D eigenvalue weighted by Crippen LogP contribution is 2.29. The minimum atomic E-state index is -2.68. The summed E-state index contributed by atoms with van der Waals surface area (Å²) in [5.74, 6) is -4.42. The first kappa shape index (κ1) is 16.2. The van der Waals surface area contributed by atoms with Gasteiger partial charge in [-0.25, -0.2) is 4.79 Å². The molecular formula is C8H17NO8. The van der Waals surface area contributed by atoms with Gasteiger partial charge in [0.15, 0.2) is 0 Å². The van der Waals surface area contributed by atoms with Crippen LogP contribution in [-0.4, -0.2) is 73.4 Å². The molecule has 1 rings (SSSR count). The van der Waals surface area contributed by atoms with Crippen molar-refractivity contribution in [2.75, 3.05) is 6.61 Å². The number of hydrogen-bond donors (Lipinski definition) is 7. The quantitative estimate of drug-likeness (QED) is 0.272. The zero-order valence-electron chi connectivity index (χ0n) is 8.93. The zero-order chi connectivity index (χ0) is 12.5. The van der Waals surface area contributed by atoms with Gasteiger partial charge < -0.3 is 41.5 Å². The maximum atomic E-state index is 10.7. The number of aliphatic hydroxyl groups is 5. The fourth-order valence-electron chi connectivity index (χ4n) is 1.51. The van der Waals surface area contributed by atoms with E-state index in [1.807, 2.05) is 0 Å². The predicted octanol–water partition coefficient (Wildman–Crippen LogP) is -3.21. The molecule has 5 atom stereocenters. The monoisotopic (exact) mass is 255 g/mol. The molecule has 1 saturated heterocycles. The molecule has 0 aliphatic carbocycles. The molecule has 9 N–H and O–H groups in total. The van der Waals surface area contributed by atoms with Crippen LogP contribution in [0.5, 0.6) is 0 Å². The summed E-state index contributed by atoms with van der Waals surface area (Å²) in [5.41, 5.74) is 0. The molecule has 1 aliphatic rings. The van der Waals surface area contributed by atoms with E-state index in [9.17, 15) is 25.2 Å². The summed E-state index contributed by atoms with van der Waals surface area (Å²) in [6, 6.07) is 0. The molecule has 1 aliphatic heterocycles. The summed E-state index contributed by atoms with van der Waals surface area (Å²) in [6.45, 7) is -0.801. The van der Waals surface area contributed by atoms with Gasteiger partial charge in [-0.05, 0) is 0 Å². The average molecular weight is 255 g/mol. The Morgan fingerprint density at radius 1 is 1.47 bits per heavy atom. The Morgan fingerprint density at radius 2 is 2.00 bits per heavy atom. The van der Waals surface area contributed by atoms with Crippen LogP contribution in [0.1, 0.15) is 6.42 Å². The highest BCUT2D eigenvalue weighted by molar-refractivity contribution is 5.75. The van der Waals surface area contributed by atoms with E-state index in [2.05, 4.69) is 4.74 Å². The second-order valence-electron chi connectivity index (χ2n) is 3.68. The fraction of sp³-hybridized carbons (Fsp3) is 0.875. The van der Waals surface area contributed by atoms with Gasteiger partial charge in [0.1, 0.15) is 18.3 Å². The van der Waals surface area contributed by atoms with Crippen molar-refractivity contribution in [2.24, 2.45) is 0 Å². The number of carbonyl (C=O) groups is 1. The summed E-state index contributed by atoms with van der Waals surface area (Å²) in [4.78, 5) is 10.7. The van der Waals surface area contributed by atoms with E-state index < -0.39 is 49.2 Å². The maximum Gasteiger partial charge on any atom is 0.364 e. The number of ether oxygens (including phenoxy) is 1. The van der Waals surface area contributed by atoms with Crippen molar-refractivity contribution < 1.29 is 40.2 Å². The summed E-state index contributed by atoms with van der Waals surface area (Å²) >= 11 is 0. The Bertz CT molecular complexity index is 274. The molecule has 0 bridgehead atoms. The summed E-state index contributed by atoms with van der Waals surface area (Å²) in [7, 11) is 0. The molecule has 17 heavy (non-hydrogen) atoms. The van der Waals surface area contributed by atoms with Crippen LogP contribution in [0.25, 0.3) is 0 Å². The van der Waals surface area contributed by atoms with Crippen molar-refractivity contribution in [1.82, 2.24) is 6.15 Å². The number of hydrogen-bond acceptors (Lipinski definition) is 8. The first-order valence-corrected chi connectivity index (χ1v) is 4.60. The van der Waals surface area contributed by atoms with Crippen LogP contribution in [0, 0.1) is 0 Å². The number of carboxylic acid groups (broad SMARTS) is 1. The smallest absolute Gasteiger partial charge is 0.364 e. The van der Waals surface area contributed by atoms with E-state index >= 15 is 0 Å². The lowest BCUT2D eigenvalue weighted by molar-refractivity contribution is -0.308. The van der Waals surface area contributed by atoms with E-state index in [0.29, 0.717) is 0 Å². The van der Waals surface area contributed by atoms with Gasteiger partial charge in [0.05, 0.1) is 12.7 Å². The van der Waals surface area contributed by atoms with Gasteiger partial charge in [0.2, 0.25) is 0 Å². The van der Waals surface area contributed by atoms with Crippen molar-refractivity contribution >= 4 is 5.97 Å². The first-order valence-electron chi connectivity index (χ1n) is 4.60. The van der Waals surface area contributed by atoms with E-state index in [1.54, 1.807) is 0 Å². The molecule has 0 amide bonds. The third-order valence-corrected chi connectivity index (χ3v) is 2.45. The minimum absolute atomic E-state index is 0. The van der Waals surface area contributed by atoms with Gasteiger partial charge in [-0.15, -0.1) is 0 Å². The minimum Gasteiger partial charge on any atom is -0.477 e. The topological polar surface area (TPSA) is 183 Å². The highest BCUT2D eigenvalue weighted by Gasteiger charge is 2.52. The maximum absolute atomic E-state index is 10.7. The Morgan fingerprint density at radius 3 is 2.41 bits per heavy atom. The molecule has 0 unspecified atom stereocenters. The second kappa shape index (κ2) is 5.69. The number of carboxylic acids is 1. The van der Waals surface area contributed by atoms with E-state index in [-0.39, 0.29) is 6.15 Å². The third kappa shape index (κ3) is 3.10. The van der Waals surface area contributed by atoms with Crippen molar-refractivity contribution in [1.29, 1.82) is 0 Å². The lowest BCUT2D eigenvalue weighted by atomic mass is 9.93. The Balaban J connectivity index is 0.00000256. The standard InChI is InChI=1S/C8H14O8.H3N/c9-2-4(11)6-5(12)3(10)1-8(15,16-6)7(13)14;/h3-6,9-12,15H,1-2H2,(H,13,14);1H3/t3-,4-,5-,6-,8-;/m1./s1. The van der Waals surface area contributed by atoms with Gasteiger partial charge in [-0.1, -0.05) is 0 Å². The SMILES string of the molecule is N.O=C(O)[C@@]1(O)C[C@@H](O)[C@@H](O)[C@@H]([C@H](O)CO)O1. The lowest BCUT2D eigenvalue weighted by Gasteiger charge is -2.41. The Kier molecular flexibility index (Phi) is 5.42. The van der Waals surface area contributed by atoms with Gasteiger partial charge in [0.25, 0.3) is 5.79 Å². The molecule has 102 valence electrons. The zero-order valence-corrected chi connectivity index (χ0v) is 8.93. The van der Waals surface area contributed by atoms with Crippen LogP contribution < -0.4 is 6.15 Å². The number of aliphatic carboxylic acids is 1. The molecular weight excluding hydrogens is 238 g/mol. The Hall–Kier alpha value is -0.810. The van der Waals surface area contributed by atoms with Gasteiger partial charge in [-0.2, -0.15) is 0 Å². The van der Waals surface area contributed by atoms with Crippen LogP contribution in [0.15, 0.2) is 0 Å². The molecule has 0 aromatic carbocycles. The number of rotatable bonds is 3. The van der Waals surface area contributed by atoms with Gasteiger partial charge in [-0.3, -0.25) is 0 Å². The third-order valence-electron chi connectivity index (χ3n) is 2.45. The molecule has 0 saturated carbocycles. The van der Waals surface area contributed by atoms with E-state index in [1.165, 1.54) is 0 Å². The van der Waals surface area contributed by atoms with Gasteiger partial charge >= 0.3 is 5.97 Å². The molecule has 1 heterocycles. The molecule has 0 aromatic rings. The van der Waals surface area contributed by atoms with Crippen molar-refractivity contribution in [3.05, 3.63) is 0 Å². The van der Waals surface area contributed by atoms with Gasteiger partial charge in [0, 0.05) is 6.42 Å². The summed E-state index contributed by atoms with van der Waals surface area (Å²) in [6.07, 6.45) is -7.05. The normalized spacial score (nSPS) is 39.2. The summed E-state index contributed by atoms with van der Waals surface area (Å²) in [5, 5.41) is 54.7. The molecule has 1 fully saturated rings. The predicted molar refractivity (Wildman–Crippen MR) is 52.2 cm³/mol. The first-order chi connectivity index (χ1) is 7.31. The second-order valence-corrected chi connectivity index (χ2v) is 3.68. The van der Waals surface area contributed by atoms with Crippen molar-refractivity contribution in [3.63, 3.8) is 0 Å². The molecule has 9 heteroatoms. The molecule has 0 spiro atoms. The van der Waals surface area contributed by atoms with Crippen LogP contribution in [-0.2, 0) is 9.53 Å². The van der Waals surface area contributed by atoms with E-state index in [0.717, 1.165) is 0 Å². The fourth-order valence-corrected chi connectivity index (χ4v) is 1.51. The van der Waals surface area contributed by atoms with Crippen LogP contribution in [0.4, 0.5) is 0 Å². The average Bonchev–Trinajstić information content (AvgIpc) is 2.22. The number of aliphatic hydroxyl groups excluding tert-OH is 4. The van der Waals surface area contributed by atoms with Crippen molar-refractivity contribution in [2.45, 2.75) is 36.6 Å². The summed E-state index contributed by atoms with van der Waals surface area (Å²) < 4.78 is 4.61. The molecule has 9 nitrogen and oxygen atoms in total. The lowest BCUT2D eigenvalue weighted by Crippen LogP contribution is -2.61. The highest BCUT2D eigenvalue weighted by atomic mass is 16.7. The molecule has 0 aromatic heterocycles. The van der Waals surface area contributed by atoms with Crippen LogP contribution in [0.2, 0.25) is 0 Å². The molecule has 0 radical (unpaired) electrons. The Labute approximate surface area is 96.5 Å².